The molecule has 164 valence electrons. The molecule has 0 atom stereocenters. The van der Waals surface area contributed by atoms with Crippen molar-refractivity contribution in [1.82, 2.24) is 4.57 Å². The van der Waals surface area contributed by atoms with Crippen molar-refractivity contribution in [3.63, 3.8) is 0 Å². The van der Waals surface area contributed by atoms with Gasteiger partial charge in [0.1, 0.15) is 5.75 Å². The van der Waals surface area contributed by atoms with Gasteiger partial charge in [-0.1, -0.05) is 30.1 Å². The number of ether oxygens (including phenoxy) is 1. The van der Waals surface area contributed by atoms with Crippen molar-refractivity contribution in [2.24, 2.45) is 0 Å². The van der Waals surface area contributed by atoms with E-state index in [1.54, 1.807) is 48.5 Å². The van der Waals surface area contributed by atoms with E-state index in [2.05, 4.69) is 12.6 Å². The van der Waals surface area contributed by atoms with E-state index in [9.17, 15) is 18.0 Å². The molecule has 0 spiro atoms. The standard InChI is InChI=1S/C22H18Cl2F3NO2S/c1-2-19-17(21(29)31)12-20(16-8-3-13(23)11-18(16)24)28(19)14-4-6-15(7-5-14)30-10-9-22(25,26)27/h3-8,11-12H,2,9-10H2,1H3,(H,29,31). The number of hydrogen-bond donors (Lipinski definition) is 1. The molecule has 1 heterocycles. The quantitative estimate of drug-likeness (QED) is 0.351. The molecule has 9 heteroatoms. The van der Waals surface area contributed by atoms with Gasteiger partial charge in [0.25, 0.3) is 0 Å². The van der Waals surface area contributed by atoms with Gasteiger partial charge in [0, 0.05) is 22.0 Å². The van der Waals surface area contributed by atoms with E-state index in [4.69, 9.17) is 27.9 Å². The van der Waals surface area contributed by atoms with Crippen LogP contribution in [0.2, 0.25) is 10.0 Å². The maximum Gasteiger partial charge on any atom is 0.392 e. The number of rotatable bonds is 7. The third kappa shape index (κ3) is 5.59. The van der Waals surface area contributed by atoms with Gasteiger partial charge in [-0.25, -0.2) is 0 Å². The van der Waals surface area contributed by atoms with E-state index in [1.165, 1.54) is 0 Å². The van der Waals surface area contributed by atoms with Crippen molar-refractivity contribution in [2.45, 2.75) is 25.9 Å². The minimum absolute atomic E-state index is 0.315. The number of halogens is 5. The summed E-state index contributed by atoms with van der Waals surface area (Å²) in [6.45, 7) is 1.45. The summed E-state index contributed by atoms with van der Waals surface area (Å²) in [6.07, 6.45) is -4.76. The Labute approximate surface area is 193 Å². The Morgan fingerprint density at radius 2 is 1.77 bits per heavy atom. The van der Waals surface area contributed by atoms with Crippen LogP contribution in [0, 0.1) is 0 Å². The average molecular weight is 488 g/mol. The maximum atomic E-state index is 12.3. The Balaban J connectivity index is 2.04. The van der Waals surface area contributed by atoms with Gasteiger partial charge in [0.05, 0.1) is 29.3 Å². The summed E-state index contributed by atoms with van der Waals surface area (Å²) in [4.78, 5) is 12.1. The lowest BCUT2D eigenvalue weighted by molar-refractivity contribution is -0.139. The molecule has 3 rings (SSSR count). The molecule has 1 aromatic heterocycles. The predicted octanol–water partition coefficient (Wildman–Crippen LogP) is 7.41. The first kappa shape index (κ1) is 23.6. The summed E-state index contributed by atoms with van der Waals surface area (Å²) in [6, 6.07) is 13.4. The average Bonchev–Trinajstić information content (AvgIpc) is 3.07. The molecule has 0 amide bonds. The fraction of sp³-hybridized carbons (Fsp3) is 0.227. The molecule has 0 bridgehead atoms. The highest BCUT2D eigenvalue weighted by Gasteiger charge is 2.27. The van der Waals surface area contributed by atoms with Gasteiger partial charge in [-0.15, -0.1) is 12.6 Å². The highest BCUT2D eigenvalue weighted by atomic mass is 35.5. The second-order valence-corrected chi connectivity index (χ2v) is 7.97. The zero-order valence-corrected chi connectivity index (χ0v) is 18.7. The molecule has 31 heavy (non-hydrogen) atoms. The van der Waals surface area contributed by atoms with E-state index < -0.39 is 19.2 Å². The number of nitrogens with zero attached hydrogens (tertiary/aromatic N) is 1. The minimum atomic E-state index is -4.27. The number of carbonyl (C=O) groups is 1. The van der Waals surface area contributed by atoms with Gasteiger partial charge in [-0.05, 0) is 55.0 Å². The topological polar surface area (TPSA) is 31.2 Å². The Morgan fingerprint density at radius 1 is 1.10 bits per heavy atom. The normalized spacial score (nSPS) is 11.6. The van der Waals surface area contributed by atoms with Gasteiger partial charge in [0.15, 0.2) is 0 Å². The minimum Gasteiger partial charge on any atom is -0.493 e. The molecule has 3 nitrogen and oxygen atoms in total. The lowest BCUT2D eigenvalue weighted by atomic mass is 10.1. The van der Waals surface area contributed by atoms with Crippen LogP contribution in [-0.2, 0) is 6.42 Å². The van der Waals surface area contributed by atoms with Gasteiger partial charge < -0.3 is 9.30 Å². The lowest BCUT2D eigenvalue weighted by Gasteiger charge is -2.15. The number of carbonyl (C=O) groups excluding carboxylic acids is 1. The molecule has 0 fully saturated rings. The Morgan fingerprint density at radius 3 is 2.32 bits per heavy atom. The first-order valence-corrected chi connectivity index (χ1v) is 10.5. The Hall–Kier alpha value is -2.09. The monoisotopic (exact) mass is 487 g/mol. The van der Waals surface area contributed by atoms with Gasteiger partial charge in [-0.3, -0.25) is 4.79 Å². The molecule has 0 saturated heterocycles. The van der Waals surface area contributed by atoms with Crippen LogP contribution >= 0.6 is 35.8 Å². The molecule has 3 aromatic rings. The third-order valence-corrected chi connectivity index (χ3v) is 5.41. The largest absolute Gasteiger partial charge is 0.493 e. The van der Waals surface area contributed by atoms with Gasteiger partial charge in [-0.2, -0.15) is 13.2 Å². The Kier molecular flexibility index (Phi) is 7.29. The lowest BCUT2D eigenvalue weighted by Crippen LogP contribution is -2.13. The second-order valence-electron chi connectivity index (χ2n) is 6.72. The molecule has 0 aliphatic heterocycles. The van der Waals surface area contributed by atoms with Crippen LogP contribution < -0.4 is 4.74 Å². The number of thiol groups is 1. The summed E-state index contributed by atoms with van der Waals surface area (Å²) in [5.74, 6) is 0.315. The van der Waals surface area contributed by atoms with Crippen molar-refractivity contribution < 1.29 is 22.7 Å². The highest BCUT2D eigenvalue weighted by Crippen LogP contribution is 2.36. The van der Waals surface area contributed by atoms with Crippen LogP contribution in [0.15, 0.2) is 48.5 Å². The molecule has 0 aliphatic rings. The molecular formula is C22H18Cl2F3NO2S. The van der Waals surface area contributed by atoms with E-state index in [0.717, 1.165) is 5.69 Å². The molecule has 0 saturated carbocycles. The first-order chi connectivity index (χ1) is 14.6. The number of benzene rings is 2. The highest BCUT2D eigenvalue weighted by molar-refractivity contribution is 7.97. The molecule has 0 aliphatic carbocycles. The fourth-order valence-corrected chi connectivity index (χ4v) is 3.95. The van der Waals surface area contributed by atoms with Gasteiger partial charge in [0.2, 0.25) is 5.12 Å². The molecule has 2 aromatic carbocycles. The van der Waals surface area contributed by atoms with Crippen molar-refractivity contribution in [1.29, 1.82) is 0 Å². The van der Waals surface area contributed by atoms with E-state index >= 15 is 0 Å². The summed E-state index contributed by atoms with van der Waals surface area (Å²) in [5, 5.41) is 0.515. The maximum absolute atomic E-state index is 12.3. The van der Waals surface area contributed by atoms with E-state index in [0.29, 0.717) is 44.7 Å². The zero-order chi connectivity index (χ0) is 22.8. The van der Waals surface area contributed by atoms with Crippen LogP contribution in [0.5, 0.6) is 5.75 Å². The Bertz CT molecular complexity index is 1100. The number of hydrogen-bond acceptors (Lipinski definition) is 2. The van der Waals surface area contributed by atoms with E-state index in [1.807, 2.05) is 11.5 Å². The zero-order valence-electron chi connectivity index (χ0n) is 16.3. The molecule has 0 N–H and O–H groups in total. The van der Waals surface area contributed by atoms with Crippen molar-refractivity contribution >= 4 is 40.9 Å². The van der Waals surface area contributed by atoms with Crippen LogP contribution in [0.1, 0.15) is 29.4 Å². The summed E-state index contributed by atoms with van der Waals surface area (Å²) < 4.78 is 44.0. The van der Waals surface area contributed by atoms with E-state index in [-0.39, 0.29) is 5.12 Å². The fourth-order valence-electron chi connectivity index (χ4n) is 3.25. The van der Waals surface area contributed by atoms with Crippen LogP contribution in [0.4, 0.5) is 13.2 Å². The first-order valence-electron chi connectivity index (χ1n) is 9.34. The second kappa shape index (κ2) is 9.59. The van der Waals surface area contributed by atoms with Crippen LogP contribution in [-0.4, -0.2) is 22.5 Å². The summed E-state index contributed by atoms with van der Waals surface area (Å²) in [5.41, 5.74) is 3.21. The summed E-state index contributed by atoms with van der Waals surface area (Å²) in [7, 11) is 0. The van der Waals surface area contributed by atoms with Crippen molar-refractivity contribution in [2.75, 3.05) is 6.61 Å². The predicted molar refractivity (Wildman–Crippen MR) is 120 cm³/mol. The molecule has 0 radical (unpaired) electrons. The van der Waals surface area contributed by atoms with Crippen LogP contribution in [0.25, 0.3) is 16.9 Å². The third-order valence-electron chi connectivity index (χ3n) is 4.62. The number of alkyl halides is 3. The summed E-state index contributed by atoms with van der Waals surface area (Å²) >= 11 is 16.4. The smallest absolute Gasteiger partial charge is 0.392 e. The van der Waals surface area contributed by atoms with Crippen LogP contribution in [0.3, 0.4) is 0 Å². The SMILES string of the molecule is CCc1c(C(=O)S)cc(-c2ccc(Cl)cc2Cl)n1-c1ccc(OCCC(F)(F)F)cc1. The van der Waals surface area contributed by atoms with Crippen molar-refractivity contribution in [3.05, 3.63) is 69.8 Å². The van der Waals surface area contributed by atoms with Crippen molar-refractivity contribution in [3.8, 4) is 22.7 Å². The number of aromatic nitrogens is 1. The van der Waals surface area contributed by atoms with Gasteiger partial charge >= 0.3 is 6.18 Å². The molecular weight excluding hydrogens is 470 g/mol. The molecule has 0 unspecified atom stereocenters.